The van der Waals surface area contributed by atoms with Crippen molar-refractivity contribution in [1.82, 2.24) is 19.7 Å². The molecule has 7 heteroatoms. The Labute approximate surface area is 188 Å². The number of carbonyl (C=O) groups excluding carboxylic acids is 1. The number of amides is 1. The molecular formula is C25H31N5O2. The molecule has 7 nitrogen and oxygen atoms in total. The standard InChI is InChI=1S/C25H31N5O2/c1-29-22(17-30-10-4-2-5-11-30)21(16-27-29)18-8-9-19-15-26-24(14-20(19)13-18)28-25(31)23-7-3-6-12-32-23/h8-9,13-16,23H,2-7,10-12,17H2,1H3,(H,26,28,31). The van der Waals surface area contributed by atoms with Crippen LogP contribution in [-0.2, 0) is 23.1 Å². The van der Waals surface area contributed by atoms with E-state index in [-0.39, 0.29) is 12.0 Å². The van der Waals surface area contributed by atoms with E-state index < -0.39 is 0 Å². The zero-order chi connectivity index (χ0) is 21.9. The summed E-state index contributed by atoms with van der Waals surface area (Å²) < 4.78 is 7.60. The second kappa shape index (κ2) is 9.38. The van der Waals surface area contributed by atoms with Crippen LogP contribution >= 0.6 is 0 Å². The highest BCUT2D eigenvalue weighted by atomic mass is 16.5. The normalized spacial score (nSPS) is 19.8. The summed E-state index contributed by atoms with van der Waals surface area (Å²) in [4.78, 5) is 19.5. The molecule has 0 radical (unpaired) electrons. The lowest BCUT2D eigenvalue weighted by atomic mass is 10.0. The molecule has 0 spiro atoms. The second-order valence-corrected chi connectivity index (χ2v) is 8.94. The molecule has 1 unspecified atom stereocenters. The van der Waals surface area contributed by atoms with E-state index in [0.29, 0.717) is 12.4 Å². The fraction of sp³-hybridized carbons (Fsp3) is 0.480. The van der Waals surface area contributed by atoms with Crippen molar-refractivity contribution in [3.63, 3.8) is 0 Å². The van der Waals surface area contributed by atoms with Crippen molar-refractivity contribution in [2.24, 2.45) is 7.05 Å². The van der Waals surface area contributed by atoms with Gasteiger partial charge in [0.25, 0.3) is 5.91 Å². The quantitative estimate of drug-likeness (QED) is 0.655. The van der Waals surface area contributed by atoms with Gasteiger partial charge < -0.3 is 10.1 Å². The molecule has 0 aliphatic carbocycles. The first-order valence-corrected chi connectivity index (χ1v) is 11.7. The summed E-state index contributed by atoms with van der Waals surface area (Å²) in [5.41, 5.74) is 3.54. The lowest BCUT2D eigenvalue weighted by Gasteiger charge is -2.26. The first-order chi connectivity index (χ1) is 15.7. The van der Waals surface area contributed by atoms with E-state index in [1.807, 2.05) is 30.2 Å². The van der Waals surface area contributed by atoms with E-state index >= 15 is 0 Å². The van der Waals surface area contributed by atoms with Crippen LogP contribution in [0.15, 0.2) is 36.7 Å². The number of carbonyl (C=O) groups is 1. The van der Waals surface area contributed by atoms with Gasteiger partial charge >= 0.3 is 0 Å². The molecule has 2 saturated heterocycles. The zero-order valence-electron chi connectivity index (χ0n) is 18.7. The number of benzene rings is 1. The number of hydrogen-bond donors (Lipinski definition) is 1. The van der Waals surface area contributed by atoms with E-state index in [0.717, 1.165) is 60.8 Å². The molecule has 0 saturated carbocycles. The van der Waals surface area contributed by atoms with Gasteiger partial charge in [0, 0.05) is 37.3 Å². The van der Waals surface area contributed by atoms with Crippen LogP contribution in [0.1, 0.15) is 44.2 Å². The van der Waals surface area contributed by atoms with Gasteiger partial charge in [-0.15, -0.1) is 0 Å². The predicted molar refractivity (Wildman–Crippen MR) is 125 cm³/mol. The van der Waals surface area contributed by atoms with Crippen LogP contribution in [-0.4, -0.2) is 51.4 Å². The smallest absolute Gasteiger partial charge is 0.254 e. The Balaban J connectivity index is 1.39. The topological polar surface area (TPSA) is 72.3 Å². The van der Waals surface area contributed by atoms with Crippen LogP contribution in [0.2, 0.25) is 0 Å². The predicted octanol–water partition coefficient (Wildman–Crippen LogP) is 4.13. The Kier molecular flexibility index (Phi) is 6.19. The molecule has 2 aromatic heterocycles. The number of likely N-dealkylation sites (tertiary alicyclic amines) is 1. The number of aromatic nitrogens is 3. The van der Waals surface area contributed by atoms with E-state index in [4.69, 9.17) is 4.74 Å². The lowest BCUT2D eigenvalue weighted by Crippen LogP contribution is -2.33. The number of hydrogen-bond acceptors (Lipinski definition) is 5. The van der Waals surface area contributed by atoms with Crippen molar-refractivity contribution in [2.75, 3.05) is 25.0 Å². The van der Waals surface area contributed by atoms with Crippen molar-refractivity contribution >= 4 is 22.5 Å². The molecule has 0 bridgehead atoms. The Morgan fingerprint density at radius 2 is 1.97 bits per heavy atom. The highest BCUT2D eigenvalue weighted by Gasteiger charge is 2.22. The molecule has 2 aliphatic heterocycles. The number of pyridine rings is 1. The van der Waals surface area contributed by atoms with Gasteiger partial charge in [-0.2, -0.15) is 5.10 Å². The summed E-state index contributed by atoms with van der Waals surface area (Å²) in [6.07, 6.45) is 10.1. The summed E-state index contributed by atoms with van der Waals surface area (Å²) in [6.45, 7) is 3.88. The van der Waals surface area contributed by atoms with Crippen LogP contribution in [0, 0.1) is 0 Å². The maximum Gasteiger partial charge on any atom is 0.254 e. The molecule has 1 N–H and O–H groups in total. The maximum absolute atomic E-state index is 12.5. The molecule has 4 heterocycles. The van der Waals surface area contributed by atoms with Gasteiger partial charge in [0.05, 0.1) is 11.9 Å². The van der Waals surface area contributed by atoms with E-state index in [1.165, 1.54) is 25.0 Å². The van der Waals surface area contributed by atoms with Crippen LogP contribution in [0.25, 0.3) is 21.9 Å². The number of rotatable bonds is 5. The maximum atomic E-state index is 12.5. The van der Waals surface area contributed by atoms with Gasteiger partial charge in [-0.25, -0.2) is 4.98 Å². The molecule has 1 aromatic carbocycles. The fourth-order valence-corrected chi connectivity index (χ4v) is 4.75. The van der Waals surface area contributed by atoms with E-state index in [2.05, 4.69) is 38.5 Å². The Bertz CT molecular complexity index is 1100. The average molecular weight is 434 g/mol. The molecule has 5 rings (SSSR count). The Morgan fingerprint density at radius 1 is 1.09 bits per heavy atom. The lowest BCUT2D eigenvalue weighted by molar-refractivity contribution is -0.130. The molecule has 2 aliphatic rings. The Hall–Kier alpha value is -2.77. The summed E-state index contributed by atoms with van der Waals surface area (Å²) in [6, 6.07) is 8.33. The van der Waals surface area contributed by atoms with Crippen molar-refractivity contribution in [3.8, 4) is 11.1 Å². The minimum atomic E-state index is -0.375. The third kappa shape index (κ3) is 4.54. The van der Waals surface area contributed by atoms with Crippen LogP contribution in [0.4, 0.5) is 5.82 Å². The first-order valence-electron chi connectivity index (χ1n) is 11.7. The van der Waals surface area contributed by atoms with Gasteiger partial charge in [-0.3, -0.25) is 14.4 Å². The summed E-state index contributed by atoms with van der Waals surface area (Å²) in [7, 11) is 2.02. The third-order valence-corrected chi connectivity index (χ3v) is 6.64. The molecule has 2 fully saturated rings. The molecule has 3 aromatic rings. The third-order valence-electron chi connectivity index (χ3n) is 6.64. The number of anilines is 1. The number of piperidine rings is 1. The summed E-state index contributed by atoms with van der Waals surface area (Å²) >= 11 is 0. The largest absolute Gasteiger partial charge is 0.368 e. The van der Waals surface area contributed by atoms with Gasteiger partial charge in [0.1, 0.15) is 11.9 Å². The highest BCUT2D eigenvalue weighted by molar-refractivity contribution is 5.96. The number of ether oxygens (including phenoxy) is 1. The SMILES string of the molecule is Cn1ncc(-c2ccc3cnc(NC(=O)C4CCCCO4)cc3c2)c1CN1CCCCC1. The number of nitrogens with one attached hydrogen (secondary N) is 1. The first kappa shape index (κ1) is 21.1. The van der Waals surface area contributed by atoms with Crippen LogP contribution in [0.3, 0.4) is 0 Å². The van der Waals surface area contributed by atoms with Crippen molar-refractivity contribution in [3.05, 3.63) is 42.4 Å². The average Bonchev–Trinajstić information content (AvgIpc) is 3.19. The molecule has 32 heavy (non-hydrogen) atoms. The van der Waals surface area contributed by atoms with Crippen LogP contribution < -0.4 is 5.32 Å². The molecule has 168 valence electrons. The molecule has 1 atom stereocenters. The van der Waals surface area contributed by atoms with Gasteiger partial charge in [-0.1, -0.05) is 18.6 Å². The second-order valence-electron chi connectivity index (χ2n) is 8.94. The summed E-state index contributed by atoms with van der Waals surface area (Å²) in [5, 5.41) is 9.58. The van der Waals surface area contributed by atoms with E-state index in [1.54, 1.807) is 0 Å². The molecular weight excluding hydrogens is 402 g/mol. The zero-order valence-corrected chi connectivity index (χ0v) is 18.7. The number of fused-ring (bicyclic) bond motifs is 1. The minimum absolute atomic E-state index is 0.108. The minimum Gasteiger partial charge on any atom is -0.368 e. The number of nitrogens with zero attached hydrogens (tertiary/aromatic N) is 4. The van der Waals surface area contributed by atoms with Gasteiger partial charge in [-0.05, 0) is 68.3 Å². The monoisotopic (exact) mass is 433 g/mol. The van der Waals surface area contributed by atoms with Gasteiger partial charge in [0.15, 0.2) is 0 Å². The highest BCUT2D eigenvalue weighted by Crippen LogP contribution is 2.29. The molecule has 1 amide bonds. The van der Waals surface area contributed by atoms with Crippen molar-refractivity contribution in [2.45, 2.75) is 51.2 Å². The number of aryl methyl sites for hydroxylation is 1. The summed E-state index contributed by atoms with van der Waals surface area (Å²) in [5.74, 6) is 0.456. The van der Waals surface area contributed by atoms with Crippen molar-refractivity contribution < 1.29 is 9.53 Å². The Morgan fingerprint density at radius 3 is 2.78 bits per heavy atom. The fourth-order valence-electron chi connectivity index (χ4n) is 4.75. The van der Waals surface area contributed by atoms with Crippen molar-refractivity contribution in [1.29, 1.82) is 0 Å². The van der Waals surface area contributed by atoms with Gasteiger partial charge in [0.2, 0.25) is 0 Å². The van der Waals surface area contributed by atoms with E-state index in [9.17, 15) is 4.79 Å². The van der Waals surface area contributed by atoms with Crippen LogP contribution in [0.5, 0.6) is 0 Å².